The largest absolute Gasteiger partial charge is 0.457 e. The van der Waals surface area contributed by atoms with Crippen LogP contribution in [0.2, 0.25) is 0 Å². The lowest BCUT2D eigenvalue weighted by molar-refractivity contribution is -0.332. The molecule has 14 nitrogen and oxygen atoms in total. The van der Waals surface area contributed by atoms with E-state index in [1.807, 2.05) is 6.08 Å². The summed E-state index contributed by atoms with van der Waals surface area (Å²) in [6, 6.07) is 0. The van der Waals surface area contributed by atoms with Gasteiger partial charge in [0.2, 0.25) is 0 Å². The van der Waals surface area contributed by atoms with E-state index in [0.717, 1.165) is 51.4 Å². The number of hydrogen-bond acceptors (Lipinski definition) is 14. The Morgan fingerprint density at radius 2 is 0.926 bits per heavy atom. The van der Waals surface area contributed by atoms with E-state index in [2.05, 4.69) is 68.5 Å². The van der Waals surface area contributed by atoms with E-state index in [0.29, 0.717) is 19.4 Å². The molecule has 0 saturated carbocycles. The van der Waals surface area contributed by atoms with Crippen molar-refractivity contribution in [3.8, 4) is 0 Å². The molecule has 0 amide bonds. The minimum atomic E-state index is -1.72. The summed E-state index contributed by atoms with van der Waals surface area (Å²) >= 11 is 0. The molecule has 11 unspecified atom stereocenters. The van der Waals surface area contributed by atoms with Gasteiger partial charge in [-0.3, -0.25) is 4.79 Å². The van der Waals surface area contributed by atoms with E-state index in [1.165, 1.54) is 89.9 Å². The number of rotatable bonds is 41. The van der Waals surface area contributed by atoms with Crippen molar-refractivity contribution in [1.82, 2.24) is 0 Å². The number of hydrogen-bond donors (Lipinski definition) is 7. The summed E-state index contributed by atoms with van der Waals surface area (Å²) in [5, 5.41) is 72.1. The zero-order valence-electron chi connectivity index (χ0n) is 41.8. The zero-order chi connectivity index (χ0) is 49.5. The van der Waals surface area contributed by atoms with Crippen molar-refractivity contribution < 1.29 is 69.0 Å². The molecule has 2 heterocycles. The number of aliphatic hydroxyl groups is 7. The van der Waals surface area contributed by atoms with E-state index < -0.39 is 86.7 Å². The molecule has 0 bridgehead atoms. The normalized spacial score (nSPS) is 26.4. The minimum Gasteiger partial charge on any atom is -0.457 e. The van der Waals surface area contributed by atoms with Crippen LogP contribution in [0, 0.1) is 0 Å². The van der Waals surface area contributed by atoms with Crippen LogP contribution in [0.5, 0.6) is 0 Å². The number of allylic oxidation sites excluding steroid dienone is 9. The number of aliphatic hydroxyl groups excluding tert-OH is 7. The molecule has 0 spiro atoms. The molecule has 0 aromatic carbocycles. The third kappa shape index (κ3) is 28.5. The molecule has 2 saturated heterocycles. The quantitative estimate of drug-likeness (QED) is 0.0175. The second-order valence-electron chi connectivity index (χ2n) is 18.3. The molecular formula is C54H94O14. The van der Waals surface area contributed by atoms with Crippen molar-refractivity contribution in [2.45, 2.75) is 242 Å². The summed E-state index contributed by atoms with van der Waals surface area (Å²) in [5.41, 5.74) is 0. The van der Waals surface area contributed by atoms with Crippen molar-refractivity contribution in [3.63, 3.8) is 0 Å². The van der Waals surface area contributed by atoms with Gasteiger partial charge in [0.05, 0.1) is 33.0 Å². The standard InChI is InChI=1S/C54H94O14/c1-3-5-7-9-11-13-15-17-19-21-22-23-25-27-29-31-33-35-37-46(56)66-43(40-63-38-36-34-32-30-28-26-24-20-18-16-14-12-10-8-6-4-2)41-64-53-52(62)50(60)48(58)45(68-53)42-65-54-51(61)49(59)47(57)44(39-55)67-54/h6,8,12,14,18,20,26,28,32,34,43-45,47-55,57-62H,3-5,7,9-11,13,15-17,19,21-25,27,29-31,33,35-42H2,1-2H3/b8-6-,14-12-,20-18-,28-26-,34-32-. The second kappa shape index (κ2) is 41.3. The van der Waals surface area contributed by atoms with Gasteiger partial charge < -0.3 is 64.2 Å². The monoisotopic (exact) mass is 967 g/mol. The van der Waals surface area contributed by atoms with Crippen molar-refractivity contribution in [3.05, 3.63) is 60.8 Å². The van der Waals surface area contributed by atoms with Gasteiger partial charge in [0.25, 0.3) is 0 Å². The van der Waals surface area contributed by atoms with Crippen LogP contribution in [0.4, 0.5) is 0 Å². The first kappa shape index (κ1) is 61.8. The lowest BCUT2D eigenvalue weighted by atomic mass is 9.98. The molecule has 2 fully saturated rings. The van der Waals surface area contributed by atoms with Crippen LogP contribution in [0.25, 0.3) is 0 Å². The van der Waals surface area contributed by atoms with Gasteiger partial charge in [0.15, 0.2) is 12.6 Å². The van der Waals surface area contributed by atoms with Gasteiger partial charge in [-0.1, -0.05) is 184 Å². The molecule has 0 radical (unpaired) electrons. The Morgan fingerprint density at radius 3 is 1.41 bits per heavy atom. The maximum absolute atomic E-state index is 13.0. The first-order valence-electron chi connectivity index (χ1n) is 26.4. The van der Waals surface area contributed by atoms with E-state index in [9.17, 15) is 40.5 Å². The van der Waals surface area contributed by atoms with Gasteiger partial charge in [0, 0.05) is 6.42 Å². The number of esters is 1. The van der Waals surface area contributed by atoms with Crippen LogP contribution in [-0.2, 0) is 33.2 Å². The highest BCUT2D eigenvalue weighted by molar-refractivity contribution is 5.69. The molecule has 2 aliphatic rings. The second-order valence-corrected chi connectivity index (χ2v) is 18.3. The van der Waals surface area contributed by atoms with Gasteiger partial charge in [-0.05, 0) is 44.9 Å². The Morgan fingerprint density at radius 1 is 0.500 bits per heavy atom. The third-order valence-electron chi connectivity index (χ3n) is 12.3. The van der Waals surface area contributed by atoms with E-state index in [4.69, 9.17) is 28.4 Å². The van der Waals surface area contributed by atoms with Gasteiger partial charge in [-0.15, -0.1) is 0 Å². The molecule has 0 aromatic heterocycles. The van der Waals surface area contributed by atoms with Crippen LogP contribution in [0.1, 0.15) is 174 Å². The van der Waals surface area contributed by atoms with Crippen LogP contribution < -0.4 is 0 Å². The topological polar surface area (TPSA) is 214 Å². The third-order valence-corrected chi connectivity index (χ3v) is 12.3. The first-order chi connectivity index (χ1) is 33.1. The van der Waals surface area contributed by atoms with E-state index >= 15 is 0 Å². The SMILES string of the molecule is CC/C=C\C/C=C\C/C=C\C/C=C\C/C=C\CCOCC(COC1OC(COC2OC(CO)C(O)C(O)C2O)C(O)C(O)C1O)OC(=O)CCCCCCCCCCCCCCCCCCCC. The molecule has 0 aliphatic carbocycles. The van der Waals surface area contributed by atoms with Gasteiger partial charge in [0.1, 0.15) is 54.9 Å². The molecule has 394 valence electrons. The van der Waals surface area contributed by atoms with Gasteiger partial charge >= 0.3 is 5.97 Å². The summed E-state index contributed by atoms with van der Waals surface area (Å²) in [4.78, 5) is 13.0. The first-order valence-corrected chi connectivity index (χ1v) is 26.4. The predicted molar refractivity (Wildman–Crippen MR) is 266 cm³/mol. The van der Waals surface area contributed by atoms with Crippen LogP contribution >= 0.6 is 0 Å². The molecule has 0 aromatic rings. The van der Waals surface area contributed by atoms with Gasteiger partial charge in [-0.25, -0.2) is 0 Å². The Labute approximate surface area is 409 Å². The summed E-state index contributed by atoms with van der Waals surface area (Å²) in [6.45, 7) is 3.35. The van der Waals surface area contributed by atoms with Crippen LogP contribution in [0.15, 0.2) is 60.8 Å². The summed E-state index contributed by atoms with van der Waals surface area (Å²) in [6.07, 6.45) is 33.1. The average molecular weight is 967 g/mol. The van der Waals surface area contributed by atoms with E-state index in [-0.39, 0.29) is 19.6 Å². The summed E-state index contributed by atoms with van der Waals surface area (Å²) in [5.74, 6) is -0.400. The Hall–Kier alpha value is -2.31. The molecule has 11 atom stereocenters. The Balaban J connectivity index is 1.79. The number of carbonyl (C=O) groups excluding carboxylic acids is 1. The Kier molecular flexibility index (Phi) is 37.6. The number of unbranched alkanes of at least 4 members (excludes halogenated alkanes) is 17. The van der Waals surface area contributed by atoms with Crippen molar-refractivity contribution in [2.75, 3.05) is 33.0 Å². The lowest BCUT2D eigenvalue weighted by Gasteiger charge is -2.42. The van der Waals surface area contributed by atoms with Gasteiger partial charge in [-0.2, -0.15) is 0 Å². The smallest absolute Gasteiger partial charge is 0.306 e. The number of ether oxygens (including phenoxy) is 6. The lowest BCUT2D eigenvalue weighted by Crippen LogP contribution is -2.61. The predicted octanol–water partition coefficient (Wildman–Crippen LogP) is 8.13. The molecule has 2 rings (SSSR count). The van der Waals surface area contributed by atoms with Crippen molar-refractivity contribution in [1.29, 1.82) is 0 Å². The zero-order valence-corrected chi connectivity index (χ0v) is 41.8. The summed E-state index contributed by atoms with van der Waals surface area (Å²) < 4.78 is 34.2. The molecular weight excluding hydrogens is 873 g/mol. The highest BCUT2D eigenvalue weighted by Gasteiger charge is 2.47. The summed E-state index contributed by atoms with van der Waals surface area (Å²) in [7, 11) is 0. The van der Waals surface area contributed by atoms with Crippen molar-refractivity contribution in [2.24, 2.45) is 0 Å². The highest BCUT2D eigenvalue weighted by Crippen LogP contribution is 2.26. The van der Waals surface area contributed by atoms with Crippen molar-refractivity contribution >= 4 is 5.97 Å². The fourth-order valence-electron chi connectivity index (χ4n) is 8.06. The fraction of sp³-hybridized carbons (Fsp3) is 0.796. The molecule has 7 N–H and O–H groups in total. The highest BCUT2D eigenvalue weighted by atomic mass is 16.7. The molecule has 2 aliphatic heterocycles. The van der Waals surface area contributed by atoms with Crippen LogP contribution in [0.3, 0.4) is 0 Å². The molecule has 14 heteroatoms. The number of carbonyl (C=O) groups is 1. The average Bonchev–Trinajstić information content (AvgIpc) is 3.33. The Bertz CT molecular complexity index is 1350. The van der Waals surface area contributed by atoms with E-state index in [1.54, 1.807) is 0 Å². The fourth-order valence-corrected chi connectivity index (χ4v) is 8.06. The maximum atomic E-state index is 13.0. The molecule has 68 heavy (non-hydrogen) atoms. The van der Waals surface area contributed by atoms with Crippen LogP contribution in [-0.4, -0.2) is 142 Å². The maximum Gasteiger partial charge on any atom is 0.306 e. The minimum absolute atomic E-state index is 0.00716.